The fraction of sp³-hybridized carbons (Fsp3) is 0.542. The molecule has 2 aromatic rings. The number of nitrogens with two attached hydrogens (primary N) is 1. The molecular weight excluding hydrogens is 425 g/mol. The number of aromatic nitrogens is 1. The van der Waals surface area contributed by atoms with E-state index in [1.54, 1.807) is 12.3 Å². The van der Waals surface area contributed by atoms with Crippen molar-refractivity contribution in [2.75, 3.05) is 77.0 Å². The number of ether oxygens (including phenoxy) is 3. The zero-order valence-electron chi connectivity index (χ0n) is 19.4. The van der Waals surface area contributed by atoms with Gasteiger partial charge < -0.3 is 30.6 Å². The van der Waals surface area contributed by atoms with Crippen LogP contribution >= 0.6 is 0 Å². The number of hydrogen-bond acceptors (Lipinski definition) is 8. The number of likely N-dealkylation sites (N-methyl/N-ethyl adjacent to an activating group) is 1. The summed E-state index contributed by atoms with van der Waals surface area (Å²) in [5.41, 5.74) is 9.08. The molecule has 0 amide bonds. The van der Waals surface area contributed by atoms with Crippen molar-refractivity contribution in [3.05, 3.63) is 53.5 Å². The SMILES string of the molecule is CN1Cc2cc(NCCOCCOCCOCCN)ccc2CC1CNc1ncccc1F. The molecule has 0 bridgehead atoms. The van der Waals surface area contributed by atoms with Crippen LogP contribution in [0.4, 0.5) is 15.9 Å². The number of halogens is 1. The average molecular weight is 462 g/mol. The van der Waals surface area contributed by atoms with E-state index in [9.17, 15) is 4.39 Å². The van der Waals surface area contributed by atoms with Crippen molar-refractivity contribution in [1.82, 2.24) is 9.88 Å². The number of fused-ring (bicyclic) bond motifs is 1. The average Bonchev–Trinajstić information content (AvgIpc) is 2.82. The van der Waals surface area contributed by atoms with Gasteiger partial charge in [-0.25, -0.2) is 9.37 Å². The second-order valence-electron chi connectivity index (χ2n) is 8.02. The predicted molar refractivity (Wildman–Crippen MR) is 128 cm³/mol. The molecule has 0 saturated carbocycles. The molecule has 1 unspecified atom stereocenters. The number of nitrogens with zero attached hydrogens (tertiary/aromatic N) is 2. The third-order valence-electron chi connectivity index (χ3n) is 5.55. The molecule has 8 nitrogen and oxygen atoms in total. The highest BCUT2D eigenvalue weighted by Gasteiger charge is 2.23. The van der Waals surface area contributed by atoms with E-state index in [2.05, 4.69) is 45.8 Å². The lowest BCUT2D eigenvalue weighted by atomic mass is 9.94. The summed E-state index contributed by atoms with van der Waals surface area (Å²) in [7, 11) is 2.10. The van der Waals surface area contributed by atoms with Gasteiger partial charge in [-0.3, -0.25) is 4.90 Å². The highest BCUT2D eigenvalue weighted by Crippen LogP contribution is 2.25. The van der Waals surface area contributed by atoms with Gasteiger partial charge in [0.25, 0.3) is 0 Å². The molecule has 0 saturated heterocycles. The van der Waals surface area contributed by atoms with Crippen molar-refractivity contribution < 1.29 is 18.6 Å². The Hall–Kier alpha value is -2.30. The maximum Gasteiger partial charge on any atom is 0.165 e. The Morgan fingerprint density at radius 1 is 1.03 bits per heavy atom. The van der Waals surface area contributed by atoms with Crippen molar-refractivity contribution in [1.29, 1.82) is 0 Å². The van der Waals surface area contributed by atoms with Crippen LogP contribution in [0.3, 0.4) is 0 Å². The monoisotopic (exact) mass is 461 g/mol. The molecule has 0 radical (unpaired) electrons. The lowest BCUT2D eigenvalue weighted by Crippen LogP contribution is -2.42. The van der Waals surface area contributed by atoms with Gasteiger partial charge in [-0.05, 0) is 48.9 Å². The summed E-state index contributed by atoms with van der Waals surface area (Å²) in [5.74, 6) is -0.0157. The third kappa shape index (κ3) is 8.53. The molecule has 182 valence electrons. The fourth-order valence-electron chi connectivity index (χ4n) is 3.74. The summed E-state index contributed by atoms with van der Waals surface area (Å²) in [6, 6.07) is 9.79. The molecule has 9 heteroatoms. The molecule has 1 aliphatic heterocycles. The lowest BCUT2D eigenvalue weighted by molar-refractivity contribution is 0.0179. The molecule has 0 fully saturated rings. The van der Waals surface area contributed by atoms with Gasteiger partial charge in [0.15, 0.2) is 11.6 Å². The number of rotatable bonds is 15. The van der Waals surface area contributed by atoms with Crippen LogP contribution < -0.4 is 16.4 Å². The highest BCUT2D eigenvalue weighted by atomic mass is 19.1. The van der Waals surface area contributed by atoms with E-state index in [0.717, 1.165) is 25.2 Å². The normalized spacial score (nSPS) is 15.9. The first-order chi connectivity index (χ1) is 16.2. The number of hydrogen-bond donors (Lipinski definition) is 3. The predicted octanol–water partition coefficient (Wildman–Crippen LogP) is 2.11. The van der Waals surface area contributed by atoms with Gasteiger partial charge in [0.05, 0.1) is 39.6 Å². The summed E-state index contributed by atoms with van der Waals surface area (Å²) in [6.45, 7) is 6.17. The molecule has 0 spiro atoms. The van der Waals surface area contributed by atoms with Crippen LogP contribution in [0.25, 0.3) is 0 Å². The van der Waals surface area contributed by atoms with Gasteiger partial charge in [-0.15, -0.1) is 0 Å². The van der Waals surface area contributed by atoms with Gasteiger partial charge >= 0.3 is 0 Å². The van der Waals surface area contributed by atoms with Crippen molar-refractivity contribution in [2.24, 2.45) is 5.73 Å². The van der Waals surface area contributed by atoms with E-state index in [1.807, 2.05) is 0 Å². The molecule has 3 rings (SSSR count). The minimum absolute atomic E-state index is 0.278. The second kappa shape index (κ2) is 14.1. The standard InChI is InChI=1S/C24H36FN5O3/c1-30-18-20-15-21(27-8-10-32-12-14-33-13-11-31-9-6-26)5-4-19(20)16-22(30)17-29-24-23(25)3-2-7-28-24/h2-5,7,15,22,27H,6,8-14,16-18,26H2,1H3,(H,28,29). The molecule has 0 aliphatic carbocycles. The summed E-state index contributed by atoms with van der Waals surface area (Å²) in [6.07, 6.45) is 2.51. The number of nitrogens with one attached hydrogen (secondary N) is 2. The summed E-state index contributed by atoms with van der Waals surface area (Å²) < 4.78 is 30.1. The van der Waals surface area contributed by atoms with Crippen LogP contribution in [0.2, 0.25) is 0 Å². The maximum absolute atomic E-state index is 13.8. The summed E-state index contributed by atoms with van der Waals surface area (Å²) >= 11 is 0. The quantitative estimate of drug-likeness (QED) is 0.347. The Balaban J connectivity index is 1.34. The van der Waals surface area contributed by atoms with Crippen molar-refractivity contribution in [3.8, 4) is 0 Å². The topological polar surface area (TPSA) is 93.9 Å². The Morgan fingerprint density at radius 2 is 1.79 bits per heavy atom. The van der Waals surface area contributed by atoms with Gasteiger partial charge in [0.2, 0.25) is 0 Å². The molecule has 1 aromatic heterocycles. The van der Waals surface area contributed by atoms with E-state index >= 15 is 0 Å². The van der Waals surface area contributed by atoms with Gasteiger partial charge in [0.1, 0.15) is 0 Å². The zero-order valence-corrected chi connectivity index (χ0v) is 19.4. The Kier molecular flexibility index (Phi) is 10.8. The van der Waals surface area contributed by atoms with E-state index < -0.39 is 0 Å². The lowest BCUT2D eigenvalue weighted by Gasteiger charge is -2.34. The second-order valence-corrected chi connectivity index (χ2v) is 8.02. The zero-order chi connectivity index (χ0) is 23.3. The van der Waals surface area contributed by atoms with Gasteiger partial charge in [-0.1, -0.05) is 6.07 Å². The molecule has 2 heterocycles. The Labute approximate surface area is 195 Å². The van der Waals surface area contributed by atoms with Crippen LogP contribution in [0.5, 0.6) is 0 Å². The first-order valence-corrected chi connectivity index (χ1v) is 11.5. The first kappa shape index (κ1) is 25.3. The van der Waals surface area contributed by atoms with E-state index in [1.165, 1.54) is 17.2 Å². The summed E-state index contributed by atoms with van der Waals surface area (Å²) in [4.78, 5) is 6.37. The number of pyridine rings is 1. The number of anilines is 2. The maximum atomic E-state index is 13.8. The first-order valence-electron chi connectivity index (χ1n) is 11.5. The van der Waals surface area contributed by atoms with Crippen LogP contribution in [0.15, 0.2) is 36.5 Å². The largest absolute Gasteiger partial charge is 0.383 e. The Bertz CT molecular complexity index is 841. The van der Waals surface area contributed by atoms with E-state index in [4.69, 9.17) is 19.9 Å². The van der Waals surface area contributed by atoms with E-state index in [0.29, 0.717) is 58.5 Å². The van der Waals surface area contributed by atoms with Crippen LogP contribution in [-0.2, 0) is 27.2 Å². The minimum atomic E-state index is -0.323. The molecule has 4 N–H and O–H groups in total. The van der Waals surface area contributed by atoms with Crippen LogP contribution in [-0.4, -0.2) is 82.2 Å². The highest BCUT2D eigenvalue weighted by molar-refractivity contribution is 5.49. The Morgan fingerprint density at radius 3 is 2.55 bits per heavy atom. The smallest absolute Gasteiger partial charge is 0.165 e. The van der Waals surface area contributed by atoms with Crippen molar-refractivity contribution in [2.45, 2.75) is 19.0 Å². The molecule has 1 atom stereocenters. The molecule has 1 aliphatic rings. The van der Waals surface area contributed by atoms with E-state index in [-0.39, 0.29) is 11.9 Å². The minimum Gasteiger partial charge on any atom is -0.383 e. The van der Waals surface area contributed by atoms with Gasteiger partial charge in [-0.2, -0.15) is 0 Å². The molecular formula is C24H36FN5O3. The van der Waals surface area contributed by atoms with Crippen LogP contribution in [0.1, 0.15) is 11.1 Å². The van der Waals surface area contributed by atoms with Gasteiger partial charge in [0, 0.05) is 44.1 Å². The third-order valence-corrected chi connectivity index (χ3v) is 5.55. The molecule has 1 aromatic carbocycles. The number of benzene rings is 1. The molecule has 33 heavy (non-hydrogen) atoms. The van der Waals surface area contributed by atoms with Crippen molar-refractivity contribution in [3.63, 3.8) is 0 Å². The van der Waals surface area contributed by atoms with Crippen LogP contribution in [0, 0.1) is 5.82 Å². The van der Waals surface area contributed by atoms with Crippen molar-refractivity contribution >= 4 is 11.5 Å². The fourth-order valence-corrected chi connectivity index (χ4v) is 3.74. The summed E-state index contributed by atoms with van der Waals surface area (Å²) in [5, 5.41) is 6.57.